The zero-order chi connectivity index (χ0) is 18.7. The predicted octanol–water partition coefficient (Wildman–Crippen LogP) is 4.42. The highest BCUT2D eigenvalue weighted by Gasteiger charge is 2.30. The lowest BCUT2D eigenvalue weighted by molar-refractivity contribution is -0.137. The summed E-state index contributed by atoms with van der Waals surface area (Å²) in [5.74, 6) is 0.128. The minimum Gasteiger partial charge on any atom is -0.494 e. The third-order valence-electron chi connectivity index (χ3n) is 3.70. The second kappa shape index (κ2) is 7.15. The molecule has 0 saturated carbocycles. The average molecular weight is 366 g/mol. The van der Waals surface area contributed by atoms with Gasteiger partial charge in [-0.25, -0.2) is 4.39 Å². The quantitative estimate of drug-likeness (QED) is 0.628. The number of benzene rings is 2. The van der Waals surface area contributed by atoms with Crippen molar-refractivity contribution in [3.05, 3.63) is 76.7 Å². The van der Waals surface area contributed by atoms with E-state index in [4.69, 9.17) is 9.26 Å². The van der Waals surface area contributed by atoms with Crippen molar-refractivity contribution in [2.24, 2.45) is 0 Å². The first-order chi connectivity index (χ1) is 12.3. The van der Waals surface area contributed by atoms with Crippen LogP contribution in [0.1, 0.15) is 28.4 Å². The molecule has 0 radical (unpaired) electrons. The molecule has 136 valence electrons. The Hall–Kier alpha value is -2.90. The number of alkyl halides is 3. The van der Waals surface area contributed by atoms with Crippen LogP contribution in [-0.4, -0.2) is 17.3 Å². The Kier molecular flexibility index (Phi) is 4.92. The molecular weight excluding hydrogens is 352 g/mol. The lowest BCUT2D eigenvalue weighted by Crippen LogP contribution is -2.05. The van der Waals surface area contributed by atoms with Crippen LogP contribution in [0.2, 0.25) is 0 Å². The Morgan fingerprint density at radius 1 is 1.04 bits per heavy atom. The Balaban J connectivity index is 1.71. The normalized spacial score (nSPS) is 11.6. The molecular formula is C18H14F4N2O2. The van der Waals surface area contributed by atoms with Crippen LogP contribution in [0.4, 0.5) is 17.6 Å². The molecule has 0 unspecified atom stereocenters. The molecule has 3 aromatic rings. The number of ether oxygens (including phenoxy) is 1. The first-order valence-electron chi connectivity index (χ1n) is 7.65. The van der Waals surface area contributed by atoms with Crippen LogP contribution < -0.4 is 4.74 Å². The number of hydrogen-bond donors (Lipinski definition) is 0. The third kappa shape index (κ3) is 4.19. The van der Waals surface area contributed by atoms with Gasteiger partial charge in [0.1, 0.15) is 0 Å². The minimum atomic E-state index is -4.41. The van der Waals surface area contributed by atoms with Crippen LogP contribution in [-0.2, 0) is 19.0 Å². The molecule has 0 aliphatic rings. The number of aromatic nitrogens is 2. The van der Waals surface area contributed by atoms with Crippen molar-refractivity contribution in [2.45, 2.75) is 19.0 Å². The van der Waals surface area contributed by atoms with Crippen LogP contribution in [0.5, 0.6) is 5.75 Å². The van der Waals surface area contributed by atoms with E-state index in [1.54, 1.807) is 12.1 Å². The molecule has 2 aromatic carbocycles. The van der Waals surface area contributed by atoms with E-state index >= 15 is 0 Å². The van der Waals surface area contributed by atoms with Crippen LogP contribution >= 0.6 is 0 Å². The van der Waals surface area contributed by atoms with E-state index in [2.05, 4.69) is 10.1 Å². The van der Waals surface area contributed by atoms with Gasteiger partial charge in [0, 0.05) is 6.42 Å². The van der Waals surface area contributed by atoms with Gasteiger partial charge in [-0.15, -0.1) is 0 Å². The van der Waals surface area contributed by atoms with E-state index in [9.17, 15) is 17.6 Å². The van der Waals surface area contributed by atoms with Crippen LogP contribution in [0, 0.1) is 5.82 Å². The lowest BCUT2D eigenvalue weighted by atomic mass is 10.1. The van der Waals surface area contributed by atoms with E-state index in [1.165, 1.54) is 25.3 Å². The van der Waals surface area contributed by atoms with Crippen molar-refractivity contribution >= 4 is 0 Å². The number of halogens is 4. The van der Waals surface area contributed by atoms with E-state index in [0.29, 0.717) is 11.1 Å². The fourth-order valence-corrected chi connectivity index (χ4v) is 2.47. The highest BCUT2D eigenvalue weighted by Crippen LogP contribution is 2.29. The maximum Gasteiger partial charge on any atom is 0.416 e. The lowest BCUT2D eigenvalue weighted by Gasteiger charge is -2.07. The van der Waals surface area contributed by atoms with E-state index in [-0.39, 0.29) is 30.3 Å². The molecule has 1 heterocycles. The van der Waals surface area contributed by atoms with Gasteiger partial charge in [0.2, 0.25) is 5.89 Å². The third-order valence-corrected chi connectivity index (χ3v) is 3.70. The number of nitrogens with zero attached hydrogens (tertiary/aromatic N) is 2. The van der Waals surface area contributed by atoms with Gasteiger partial charge in [0.15, 0.2) is 17.4 Å². The second-order valence-corrected chi connectivity index (χ2v) is 5.62. The molecule has 26 heavy (non-hydrogen) atoms. The standard InChI is InChI=1S/C18H14F4N2O2/c1-25-15-6-5-12(8-14(15)19)10-17-23-16(24-26-17)9-11-3-2-4-13(7-11)18(20,21)22/h2-8H,9-10H2,1H3. The summed E-state index contributed by atoms with van der Waals surface area (Å²) in [4.78, 5) is 4.15. The van der Waals surface area contributed by atoms with Crippen molar-refractivity contribution in [3.63, 3.8) is 0 Å². The summed E-state index contributed by atoms with van der Waals surface area (Å²) < 4.78 is 61.9. The fourth-order valence-electron chi connectivity index (χ4n) is 2.47. The molecule has 1 aromatic heterocycles. The predicted molar refractivity (Wildman–Crippen MR) is 84.3 cm³/mol. The summed E-state index contributed by atoms with van der Waals surface area (Å²) in [6, 6.07) is 9.40. The zero-order valence-electron chi connectivity index (χ0n) is 13.7. The van der Waals surface area contributed by atoms with Gasteiger partial charge in [-0.3, -0.25) is 0 Å². The smallest absolute Gasteiger partial charge is 0.416 e. The topological polar surface area (TPSA) is 48.2 Å². The maximum atomic E-state index is 13.7. The zero-order valence-corrected chi connectivity index (χ0v) is 13.7. The van der Waals surface area contributed by atoms with Crippen molar-refractivity contribution in [2.75, 3.05) is 7.11 Å². The molecule has 0 aliphatic carbocycles. The van der Waals surface area contributed by atoms with Crippen LogP contribution in [0.3, 0.4) is 0 Å². The first kappa shape index (κ1) is 17.9. The van der Waals surface area contributed by atoms with Crippen molar-refractivity contribution in [3.8, 4) is 5.75 Å². The van der Waals surface area contributed by atoms with Crippen LogP contribution in [0.25, 0.3) is 0 Å². The monoisotopic (exact) mass is 366 g/mol. The summed E-state index contributed by atoms with van der Waals surface area (Å²) in [6.07, 6.45) is -4.10. The average Bonchev–Trinajstić information content (AvgIpc) is 3.01. The summed E-state index contributed by atoms with van der Waals surface area (Å²) in [5, 5.41) is 3.77. The molecule has 0 saturated heterocycles. The van der Waals surface area contributed by atoms with Crippen molar-refractivity contribution < 1.29 is 26.8 Å². The Labute approximate surface area is 146 Å². The fraction of sp³-hybridized carbons (Fsp3) is 0.222. The van der Waals surface area contributed by atoms with Gasteiger partial charge in [-0.05, 0) is 29.3 Å². The summed E-state index contributed by atoms with van der Waals surface area (Å²) >= 11 is 0. The number of rotatable bonds is 5. The Bertz CT molecular complexity index is 906. The van der Waals surface area contributed by atoms with Gasteiger partial charge in [0.25, 0.3) is 0 Å². The molecule has 8 heteroatoms. The molecule has 3 rings (SSSR count). The van der Waals surface area contributed by atoms with Crippen molar-refractivity contribution in [1.29, 1.82) is 0 Å². The number of hydrogen-bond acceptors (Lipinski definition) is 4. The molecule has 0 N–H and O–H groups in total. The van der Waals surface area contributed by atoms with Gasteiger partial charge in [-0.2, -0.15) is 18.2 Å². The van der Waals surface area contributed by atoms with E-state index in [0.717, 1.165) is 12.1 Å². The van der Waals surface area contributed by atoms with Gasteiger partial charge >= 0.3 is 6.18 Å². The van der Waals surface area contributed by atoms with Gasteiger partial charge in [-0.1, -0.05) is 29.4 Å². The molecule has 0 fully saturated rings. The number of methoxy groups -OCH3 is 1. The minimum absolute atomic E-state index is 0.102. The van der Waals surface area contributed by atoms with Gasteiger partial charge < -0.3 is 9.26 Å². The highest BCUT2D eigenvalue weighted by molar-refractivity contribution is 5.31. The highest BCUT2D eigenvalue weighted by atomic mass is 19.4. The summed E-state index contributed by atoms with van der Waals surface area (Å²) in [7, 11) is 1.37. The van der Waals surface area contributed by atoms with E-state index in [1.807, 2.05) is 0 Å². The SMILES string of the molecule is COc1ccc(Cc2nc(Cc3cccc(C(F)(F)F)c3)no2)cc1F. The molecule has 0 bridgehead atoms. The Morgan fingerprint density at radius 3 is 2.50 bits per heavy atom. The molecule has 4 nitrogen and oxygen atoms in total. The largest absolute Gasteiger partial charge is 0.494 e. The second-order valence-electron chi connectivity index (χ2n) is 5.62. The van der Waals surface area contributed by atoms with Crippen LogP contribution in [0.15, 0.2) is 47.0 Å². The maximum absolute atomic E-state index is 13.7. The molecule has 0 amide bonds. The van der Waals surface area contributed by atoms with E-state index < -0.39 is 17.6 Å². The summed E-state index contributed by atoms with van der Waals surface area (Å²) in [5.41, 5.74) is 0.299. The molecule has 0 aliphatic heterocycles. The Morgan fingerprint density at radius 2 is 1.81 bits per heavy atom. The van der Waals surface area contributed by atoms with Crippen molar-refractivity contribution in [1.82, 2.24) is 10.1 Å². The first-order valence-corrected chi connectivity index (χ1v) is 7.65. The molecule has 0 atom stereocenters. The molecule has 0 spiro atoms. The summed E-state index contributed by atoms with van der Waals surface area (Å²) in [6.45, 7) is 0. The van der Waals surface area contributed by atoms with Gasteiger partial charge in [0.05, 0.1) is 19.1 Å².